The second-order valence-electron chi connectivity index (χ2n) is 4.80. The van der Waals surface area contributed by atoms with Gasteiger partial charge in [-0.05, 0) is 46.9 Å². The molecule has 1 amide bonds. The predicted molar refractivity (Wildman–Crippen MR) is 100 cm³/mol. The van der Waals surface area contributed by atoms with Gasteiger partial charge in [0, 0.05) is 3.57 Å². The second-order valence-corrected chi connectivity index (χ2v) is 7.10. The number of rotatable bonds is 6. The number of halogens is 2. The van der Waals surface area contributed by atoms with Gasteiger partial charge in [-0.25, -0.2) is 9.87 Å². The fourth-order valence-corrected chi connectivity index (χ4v) is 3.48. The molecule has 0 aliphatic carbocycles. The zero-order valence-corrected chi connectivity index (χ0v) is 15.6. The highest BCUT2D eigenvalue weighted by molar-refractivity contribution is 14.1. The van der Waals surface area contributed by atoms with Gasteiger partial charge in [0.25, 0.3) is 5.91 Å². The number of hydroxylamine groups is 1. The van der Waals surface area contributed by atoms with Gasteiger partial charge in [-0.3, -0.25) is 9.63 Å². The summed E-state index contributed by atoms with van der Waals surface area (Å²) < 4.78 is 15.6. The Bertz CT molecular complexity index is 921. The summed E-state index contributed by atoms with van der Waals surface area (Å²) in [6, 6.07) is 6.43. The first-order chi connectivity index (χ1) is 12.1. The zero-order chi connectivity index (χ0) is 17.8. The average molecular weight is 474 g/mol. The molecule has 2 heterocycles. The number of hydrogen-bond acceptors (Lipinski definition) is 7. The van der Waals surface area contributed by atoms with Crippen molar-refractivity contribution in [1.29, 1.82) is 0 Å². The van der Waals surface area contributed by atoms with E-state index in [9.17, 15) is 9.18 Å². The summed E-state index contributed by atoms with van der Waals surface area (Å²) in [5.41, 5.74) is 3.26. The van der Waals surface area contributed by atoms with Crippen molar-refractivity contribution in [3.05, 3.63) is 44.7 Å². The summed E-state index contributed by atoms with van der Waals surface area (Å²) >= 11 is 3.19. The van der Waals surface area contributed by atoms with Gasteiger partial charge in [-0.2, -0.15) is 5.10 Å². The third kappa shape index (κ3) is 4.03. The molecule has 7 nitrogen and oxygen atoms in total. The van der Waals surface area contributed by atoms with E-state index in [0.717, 1.165) is 8.27 Å². The molecule has 3 N–H and O–H groups in total. The van der Waals surface area contributed by atoms with E-state index < -0.39 is 11.7 Å². The summed E-state index contributed by atoms with van der Waals surface area (Å²) in [5.74, 6) is -0.970. The number of hydrogen-bond donors (Lipinski definition) is 3. The summed E-state index contributed by atoms with van der Waals surface area (Å²) in [4.78, 5) is 17.5. The van der Waals surface area contributed by atoms with Gasteiger partial charge in [0.2, 0.25) is 0 Å². The Kier molecular flexibility index (Phi) is 5.73. The number of nitrogens with one attached hydrogen (secondary N) is 2. The lowest BCUT2D eigenvalue weighted by Crippen LogP contribution is -2.25. The Balaban J connectivity index is 1.99. The molecule has 0 saturated heterocycles. The third-order valence-corrected chi connectivity index (χ3v) is 4.93. The van der Waals surface area contributed by atoms with Crippen molar-refractivity contribution in [2.45, 2.75) is 0 Å². The first-order valence-corrected chi connectivity index (χ1v) is 8.99. The average Bonchev–Trinajstić information content (AvgIpc) is 2.96. The van der Waals surface area contributed by atoms with E-state index in [1.54, 1.807) is 18.2 Å². The molecule has 10 heteroatoms. The van der Waals surface area contributed by atoms with Gasteiger partial charge in [0.1, 0.15) is 16.2 Å². The molecule has 3 rings (SSSR count). The lowest BCUT2D eigenvalue weighted by molar-refractivity contribution is 0.0172. The van der Waals surface area contributed by atoms with Crippen molar-refractivity contribution >= 4 is 61.4 Å². The van der Waals surface area contributed by atoms with Crippen LogP contribution in [0.1, 0.15) is 9.67 Å². The first kappa shape index (κ1) is 17.9. The number of anilines is 2. The Morgan fingerprint density at radius 3 is 3.00 bits per heavy atom. The van der Waals surface area contributed by atoms with Crippen LogP contribution in [-0.4, -0.2) is 34.4 Å². The molecular weight excluding hydrogens is 462 g/mol. The van der Waals surface area contributed by atoms with Crippen LogP contribution in [0.25, 0.3) is 10.2 Å². The third-order valence-electron chi connectivity index (χ3n) is 3.11. The van der Waals surface area contributed by atoms with E-state index in [1.807, 2.05) is 22.6 Å². The maximum absolute atomic E-state index is 14.2. The van der Waals surface area contributed by atoms with Crippen molar-refractivity contribution < 1.29 is 19.1 Å². The van der Waals surface area contributed by atoms with E-state index in [4.69, 9.17) is 9.94 Å². The zero-order valence-electron chi connectivity index (χ0n) is 12.6. The minimum Gasteiger partial charge on any atom is -0.394 e. The van der Waals surface area contributed by atoms with Crippen molar-refractivity contribution in [1.82, 2.24) is 15.7 Å². The smallest absolute Gasteiger partial charge is 0.287 e. The van der Waals surface area contributed by atoms with E-state index in [1.165, 1.54) is 23.6 Å². The molecule has 0 radical (unpaired) electrons. The Morgan fingerprint density at radius 1 is 1.40 bits per heavy atom. The molecule has 130 valence electrons. The second kappa shape index (κ2) is 7.99. The molecule has 0 bridgehead atoms. The first-order valence-electron chi connectivity index (χ1n) is 7.09. The summed E-state index contributed by atoms with van der Waals surface area (Å²) in [7, 11) is 0. The number of nitrogens with zero attached hydrogens (tertiary/aromatic N) is 2. The Morgan fingerprint density at radius 2 is 2.24 bits per heavy atom. The molecule has 0 spiro atoms. The number of aromatic nitrogens is 2. The van der Waals surface area contributed by atoms with Crippen molar-refractivity contribution in [2.75, 3.05) is 18.5 Å². The topological polar surface area (TPSA) is 96.4 Å². The molecule has 2 aromatic heterocycles. The number of aliphatic hydroxyl groups excluding tert-OH is 1. The predicted octanol–water partition coefficient (Wildman–Crippen LogP) is 2.83. The highest BCUT2D eigenvalue weighted by Crippen LogP contribution is 2.36. The highest BCUT2D eigenvalue weighted by atomic mass is 127. The molecule has 0 aliphatic heterocycles. The van der Waals surface area contributed by atoms with Crippen LogP contribution in [0.15, 0.2) is 30.5 Å². The molecular formula is C15H12FIN4O3S. The van der Waals surface area contributed by atoms with Gasteiger partial charge in [-0.15, -0.1) is 16.4 Å². The lowest BCUT2D eigenvalue weighted by Gasteiger charge is -2.09. The number of thiophene rings is 1. The van der Waals surface area contributed by atoms with Crippen LogP contribution in [0.3, 0.4) is 0 Å². The Hall–Kier alpha value is -1.89. The van der Waals surface area contributed by atoms with Crippen molar-refractivity contribution in [2.24, 2.45) is 0 Å². The van der Waals surface area contributed by atoms with Crippen LogP contribution in [0.5, 0.6) is 0 Å². The van der Waals surface area contributed by atoms with Crippen LogP contribution < -0.4 is 10.8 Å². The van der Waals surface area contributed by atoms with E-state index in [-0.39, 0.29) is 23.8 Å². The maximum atomic E-state index is 14.2. The number of aliphatic hydroxyl groups is 1. The number of fused-ring (bicyclic) bond motifs is 1. The van der Waals surface area contributed by atoms with Gasteiger partial charge in [0.05, 0.1) is 35.5 Å². The normalized spacial score (nSPS) is 10.8. The SMILES string of the molecule is O=C(NOCCO)c1sc2ccnnc2c1Nc1ccc(I)cc1F. The summed E-state index contributed by atoms with van der Waals surface area (Å²) in [6.07, 6.45) is 1.51. The van der Waals surface area contributed by atoms with E-state index >= 15 is 0 Å². The highest BCUT2D eigenvalue weighted by Gasteiger charge is 2.21. The van der Waals surface area contributed by atoms with E-state index in [0.29, 0.717) is 11.2 Å². The van der Waals surface area contributed by atoms with Crippen LogP contribution in [0, 0.1) is 9.39 Å². The number of amides is 1. The number of carbonyl (C=O) groups is 1. The van der Waals surface area contributed by atoms with Crippen LogP contribution in [0.4, 0.5) is 15.8 Å². The molecule has 25 heavy (non-hydrogen) atoms. The quantitative estimate of drug-likeness (QED) is 0.289. The molecule has 0 atom stereocenters. The fourth-order valence-electron chi connectivity index (χ4n) is 2.05. The molecule has 1 aromatic carbocycles. The molecule has 3 aromatic rings. The monoisotopic (exact) mass is 474 g/mol. The van der Waals surface area contributed by atoms with Crippen molar-refractivity contribution in [3.63, 3.8) is 0 Å². The summed E-state index contributed by atoms with van der Waals surface area (Å²) in [6.45, 7) is -0.262. The largest absolute Gasteiger partial charge is 0.394 e. The van der Waals surface area contributed by atoms with Gasteiger partial charge < -0.3 is 10.4 Å². The number of benzene rings is 1. The fraction of sp³-hybridized carbons (Fsp3) is 0.133. The lowest BCUT2D eigenvalue weighted by atomic mass is 10.2. The van der Waals surface area contributed by atoms with Crippen molar-refractivity contribution in [3.8, 4) is 0 Å². The van der Waals surface area contributed by atoms with E-state index in [2.05, 4.69) is 21.0 Å². The van der Waals surface area contributed by atoms with Crippen LogP contribution in [0.2, 0.25) is 0 Å². The molecule has 0 unspecified atom stereocenters. The Labute approximate surface area is 159 Å². The number of carbonyl (C=O) groups excluding carboxylic acids is 1. The molecule has 0 saturated carbocycles. The minimum absolute atomic E-state index is 0.0368. The van der Waals surface area contributed by atoms with Gasteiger partial charge in [-0.1, -0.05) is 0 Å². The molecule has 0 aliphatic rings. The maximum Gasteiger partial charge on any atom is 0.287 e. The van der Waals surface area contributed by atoms with Gasteiger partial charge >= 0.3 is 0 Å². The summed E-state index contributed by atoms with van der Waals surface area (Å²) in [5, 5.41) is 19.5. The van der Waals surface area contributed by atoms with Crippen LogP contribution in [-0.2, 0) is 4.84 Å². The standard InChI is InChI=1S/C15H12FIN4O3S/c16-9-7-8(17)1-2-10(9)19-13-12-11(3-4-18-20-12)25-14(13)15(23)21-24-6-5-22/h1-4,7,19,22H,5-6H2,(H,21,23). The van der Waals surface area contributed by atoms with Gasteiger partial charge in [0.15, 0.2) is 0 Å². The molecule has 0 fully saturated rings. The minimum atomic E-state index is -0.523. The van der Waals surface area contributed by atoms with Crippen LogP contribution >= 0.6 is 33.9 Å².